The summed E-state index contributed by atoms with van der Waals surface area (Å²) in [5.74, 6) is -2.29. The molecule has 1 aliphatic rings. The number of carboxylic acids is 1. The van der Waals surface area contributed by atoms with E-state index in [1.54, 1.807) is 7.05 Å². The number of carboxylic acid groups (broad SMARTS) is 1. The Bertz CT molecular complexity index is 598. The third kappa shape index (κ3) is 3.55. The normalized spacial score (nSPS) is 21.4. The van der Waals surface area contributed by atoms with Crippen LogP contribution in [0.4, 0.5) is 4.39 Å². The number of carbonyl (C=O) groups is 2. The maximum Gasteiger partial charge on any atom is 0.317 e. The van der Waals surface area contributed by atoms with Gasteiger partial charge in [0.2, 0.25) is 0 Å². The summed E-state index contributed by atoms with van der Waals surface area (Å²) in [6.07, 6.45) is -0.893. The third-order valence-corrected chi connectivity index (χ3v) is 3.89. The number of benzene rings is 1. The predicted octanol–water partition coefficient (Wildman–Crippen LogP) is 0.681. The Balaban J connectivity index is 2.13. The molecule has 1 saturated heterocycles. The molecule has 120 valence electrons. The second-order valence-corrected chi connectivity index (χ2v) is 5.71. The lowest BCUT2D eigenvalue weighted by atomic mass is 10.2. The molecule has 8 heteroatoms. The van der Waals surface area contributed by atoms with E-state index in [2.05, 4.69) is 0 Å². The number of hydrogen-bond acceptors (Lipinski definition) is 4. The number of amides is 1. The number of likely N-dealkylation sites (N-methyl/N-ethyl adjacent to an activating group) is 1. The molecule has 0 unspecified atom stereocenters. The number of aliphatic hydroxyl groups excluding tert-OH is 1. The lowest BCUT2D eigenvalue weighted by Gasteiger charge is -2.24. The first-order valence-electron chi connectivity index (χ1n) is 6.64. The molecule has 1 aromatic carbocycles. The van der Waals surface area contributed by atoms with Crippen molar-refractivity contribution in [2.75, 3.05) is 26.7 Å². The first-order valence-corrected chi connectivity index (χ1v) is 7.02. The summed E-state index contributed by atoms with van der Waals surface area (Å²) in [7, 11) is 1.55. The molecule has 1 amide bonds. The molecule has 0 saturated carbocycles. The number of nitrogens with zero attached hydrogens (tertiary/aromatic N) is 2. The Morgan fingerprint density at radius 1 is 1.45 bits per heavy atom. The number of aliphatic carboxylic acids is 1. The van der Waals surface area contributed by atoms with E-state index in [4.69, 9.17) is 16.7 Å². The van der Waals surface area contributed by atoms with Crippen LogP contribution in [-0.2, 0) is 4.79 Å². The van der Waals surface area contributed by atoms with Gasteiger partial charge in [-0.3, -0.25) is 14.5 Å². The molecular weight excluding hydrogens is 315 g/mol. The van der Waals surface area contributed by atoms with Crippen molar-refractivity contribution in [2.45, 2.75) is 12.1 Å². The van der Waals surface area contributed by atoms with Crippen molar-refractivity contribution in [1.82, 2.24) is 9.80 Å². The van der Waals surface area contributed by atoms with Crippen LogP contribution >= 0.6 is 11.6 Å². The van der Waals surface area contributed by atoms with Crippen LogP contribution in [0.5, 0.6) is 0 Å². The van der Waals surface area contributed by atoms with Crippen molar-refractivity contribution in [3.63, 3.8) is 0 Å². The van der Waals surface area contributed by atoms with Crippen molar-refractivity contribution in [3.05, 3.63) is 34.6 Å². The first-order chi connectivity index (χ1) is 10.3. The molecule has 22 heavy (non-hydrogen) atoms. The van der Waals surface area contributed by atoms with Crippen molar-refractivity contribution in [3.8, 4) is 0 Å². The van der Waals surface area contributed by atoms with Crippen LogP contribution in [0.25, 0.3) is 0 Å². The largest absolute Gasteiger partial charge is 0.480 e. The number of likely N-dealkylation sites (tertiary alicyclic amines) is 1. The maximum atomic E-state index is 13.7. The Hall–Kier alpha value is -1.70. The maximum absolute atomic E-state index is 13.7. The van der Waals surface area contributed by atoms with Gasteiger partial charge in [0.1, 0.15) is 5.82 Å². The summed E-state index contributed by atoms with van der Waals surface area (Å²) in [6, 6.07) is 3.17. The van der Waals surface area contributed by atoms with Gasteiger partial charge in [-0.1, -0.05) is 11.6 Å². The van der Waals surface area contributed by atoms with Crippen LogP contribution in [0.15, 0.2) is 18.2 Å². The molecule has 1 aromatic rings. The zero-order valence-corrected chi connectivity index (χ0v) is 12.6. The fourth-order valence-electron chi connectivity index (χ4n) is 2.53. The number of hydrogen-bond donors (Lipinski definition) is 2. The van der Waals surface area contributed by atoms with Crippen LogP contribution in [0.2, 0.25) is 5.02 Å². The van der Waals surface area contributed by atoms with Crippen molar-refractivity contribution < 1.29 is 24.2 Å². The van der Waals surface area contributed by atoms with Gasteiger partial charge in [-0.2, -0.15) is 0 Å². The summed E-state index contributed by atoms with van der Waals surface area (Å²) in [5, 5.41) is 19.0. The molecule has 2 atom stereocenters. The fraction of sp³-hybridized carbons (Fsp3) is 0.429. The smallest absolute Gasteiger partial charge is 0.317 e. The van der Waals surface area contributed by atoms with Gasteiger partial charge in [0.25, 0.3) is 5.91 Å². The lowest BCUT2D eigenvalue weighted by Crippen LogP contribution is -2.43. The van der Waals surface area contributed by atoms with Gasteiger partial charge >= 0.3 is 5.97 Å². The highest BCUT2D eigenvalue weighted by atomic mass is 35.5. The van der Waals surface area contributed by atoms with Gasteiger partial charge in [0.15, 0.2) is 0 Å². The molecule has 2 N–H and O–H groups in total. The molecule has 0 bridgehead atoms. The molecule has 0 radical (unpaired) electrons. The summed E-state index contributed by atoms with van der Waals surface area (Å²) in [6.45, 7) is -0.121. The van der Waals surface area contributed by atoms with Gasteiger partial charge in [-0.15, -0.1) is 0 Å². The minimum Gasteiger partial charge on any atom is -0.480 e. The Morgan fingerprint density at radius 3 is 2.77 bits per heavy atom. The van der Waals surface area contributed by atoms with E-state index >= 15 is 0 Å². The van der Waals surface area contributed by atoms with E-state index in [0.717, 1.165) is 6.07 Å². The quantitative estimate of drug-likeness (QED) is 0.848. The van der Waals surface area contributed by atoms with E-state index in [9.17, 15) is 19.1 Å². The molecule has 1 aliphatic heterocycles. The number of carbonyl (C=O) groups excluding carboxylic acids is 1. The van der Waals surface area contributed by atoms with E-state index in [1.807, 2.05) is 0 Å². The zero-order chi connectivity index (χ0) is 16.4. The standard InChI is InChI=1S/C14H16ClFN2O4/c1-17(7-13(20)21)11-5-18(6-12(11)19)14(22)9-4-8(15)2-3-10(9)16/h2-4,11-12,19H,5-7H2,1H3,(H,20,21)/t11-,12+/m0/s1. The van der Waals surface area contributed by atoms with E-state index in [0.29, 0.717) is 0 Å². The Labute approximate surface area is 131 Å². The van der Waals surface area contributed by atoms with Gasteiger partial charge in [0, 0.05) is 18.1 Å². The zero-order valence-electron chi connectivity index (χ0n) is 11.9. The minimum atomic E-state index is -1.03. The second kappa shape index (κ2) is 6.60. The highest BCUT2D eigenvalue weighted by molar-refractivity contribution is 6.31. The van der Waals surface area contributed by atoms with Crippen molar-refractivity contribution in [2.24, 2.45) is 0 Å². The Morgan fingerprint density at radius 2 is 2.14 bits per heavy atom. The summed E-state index contributed by atoms with van der Waals surface area (Å²) in [4.78, 5) is 25.8. The highest BCUT2D eigenvalue weighted by Gasteiger charge is 2.37. The van der Waals surface area contributed by atoms with Crippen LogP contribution < -0.4 is 0 Å². The van der Waals surface area contributed by atoms with Crippen molar-refractivity contribution >= 4 is 23.5 Å². The van der Waals surface area contributed by atoms with Gasteiger partial charge in [-0.05, 0) is 25.2 Å². The van der Waals surface area contributed by atoms with Gasteiger partial charge in [0.05, 0.1) is 24.3 Å². The summed E-state index contributed by atoms with van der Waals surface area (Å²) >= 11 is 5.77. The SMILES string of the molecule is CN(CC(=O)O)[C@H]1CN(C(=O)c2cc(Cl)ccc2F)C[C@H]1O. The van der Waals surface area contributed by atoms with Gasteiger partial charge < -0.3 is 15.1 Å². The number of rotatable bonds is 4. The molecule has 1 heterocycles. The van der Waals surface area contributed by atoms with E-state index in [1.165, 1.54) is 21.9 Å². The molecule has 0 aromatic heterocycles. The lowest BCUT2D eigenvalue weighted by molar-refractivity contribution is -0.138. The van der Waals surface area contributed by atoms with Crippen LogP contribution in [-0.4, -0.2) is 70.7 Å². The second-order valence-electron chi connectivity index (χ2n) is 5.28. The third-order valence-electron chi connectivity index (χ3n) is 3.66. The first kappa shape index (κ1) is 16.7. The van der Waals surface area contributed by atoms with E-state index in [-0.39, 0.29) is 30.2 Å². The summed E-state index contributed by atoms with van der Waals surface area (Å²) in [5.41, 5.74) is -0.166. The summed E-state index contributed by atoms with van der Waals surface area (Å²) < 4.78 is 13.7. The molecule has 0 aliphatic carbocycles. The molecule has 2 rings (SSSR count). The van der Waals surface area contributed by atoms with Gasteiger partial charge in [-0.25, -0.2) is 4.39 Å². The number of halogens is 2. The van der Waals surface area contributed by atoms with E-state index < -0.39 is 29.8 Å². The molecular formula is C14H16ClFN2O4. The monoisotopic (exact) mass is 330 g/mol. The van der Waals surface area contributed by atoms with Crippen molar-refractivity contribution in [1.29, 1.82) is 0 Å². The van der Waals surface area contributed by atoms with Crippen LogP contribution in [0.1, 0.15) is 10.4 Å². The topological polar surface area (TPSA) is 81.1 Å². The molecule has 0 spiro atoms. The number of β-amino-alcohol motifs (C(OH)–C–C–N with tert-alkyl or cyclic N) is 1. The molecule has 1 fully saturated rings. The molecule has 6 nitrogen and oxygen atoms in total. The highest BCUT2D eigenvalue weighted by Crippen LogP contribution is 2.21. The number of aliphatic hydroxyl groups is 1. The minimum absolute atomic E-state index is 0.0133. The van der Waals surface area contributed by atoms with Crippen LogP contribution in [0, 0.1) is 5.82 Å². The average molecular weight is 331 g/mol. The predicted molar refractivity (Wildman–Crippen MR) is 77.4 cm³/mol. The van der Waals surface area contributed by atoms with Crippen LogP contribution in [0.3, 0.4) is 0 Å². The fourth-order valence-corrected chi connectivity index (χ4v) is 2.70. The average Bonchev–Trinajstić information content (AvgIpc) is 2.82. The Kier molecular flexibility index (Phi) is 5.00.